The molecule has 1 unspecified atom stereocenters. The first-order valence-electron chi connectivity index (χ1n) is 6.74. The largest absolute Gasteiger partial charge is 0.481 e. The number of thiophene rings is 1. The maximum Gasteiger partial charge on any atom is 0.317 e. The molecule has 110 valence electrons. The van der Waals surface area contributed by atoms with E-state index < -0.39 is 11.4 Å². The summed E-state index contributed by atoms with van der Waals surface area (Å²) in [6.45, 7) is 2.17. The van der Waals surface area contributed by atoms with Gasteiger partial charge in [0.2, 0.25) is 0 Å². The van der Waals surface area contributed by atoms with E-state index in [-0.39, 0.29) is 18.6 Å². The molecular weight excluding hydrogens is 276 g/mol. The molecule has 1 heterocycles. The van der Waals surface area contributed by atoms with E-state index in [1.54, 1.807) is 23.3 Å². The van der Waals surface area contributed by atoms with Crippen molar-refractivity contribution in [2.75, 3.05) is 13.6 Å². The number of amides is 2. The van der Waals surface area contributed by atoms with Crippen LogP contribution in [0.4, 0.5) is 4.79 Å². The second-order valence-corrected chi connectivity index (χ2v) is 6.38. The highest BCUT2D eigenvalue weighted by atomic mass is 32.1. The van der Waals surface area contributed by atoms with Crippen LogP contribution in [-0.4, -0.2) is 35.6 Å². The van der Waals surface area contributed by atoms with Gasteiger partial charge in [0.1, 0.15) is 0 Å². The Morgan fingerprint density at radius 3 is 2.70 bits per heavy atom. The summed E-state index contributed by atoms with van der Waals surface area (Å²) in [4.78, 5) is 26.1. The maximum absolute atomic E-state index is 12.1. The molecule has 1 aliphatic rings. The van der Waals surface area contributed by atoms with E-state index in [4.69, 9.17) is 0 Å². The number of carboxylic acids is 1. The van der Waals surface area contributed by atoms with Crippen LogP contribution >= 0.6 is 11.3 Å². The Morgan fingerprint density at radius 2 is 2.25 bits per heavy atom. The number of carboxylic acid groups (broad SMARTS) is 1. The zero-order valence-corrected chi connectivity index (χ0v) is 12.6. The van der Waals surface area contributed by atoms with Crippen LogP contribution in [0.25, 0.3) is 0 Å². The van der Waals surface area contributed by atoms with Gasteiger partial charge < -0.3 is 15.3 Å². The fraction of sp³-hybridized carbons (Fsp3) is 0.571. The Hall–Kier alpha value is -1.56. The van der Waals surface area contributed by atoms with Crippen LogP contribution in [0.1, 0.15) is 37.1 Å². The number of hydrogen-bond acceptors (Lipinski definition) is 3. The molecule has 1 aromatic rings. The number of aliphatic carboxylic acids is 1. The van der Waals surface area contributed by atoms with Crippen molar-refractivity contribution in [2.24, 2.45) is 5.41 Å². The lowest BCUT2D eigenvalue weighted by atomic mass is 9.69. The molecule has 1 aromatic heterocycles. The van der Waals surface area contributed by atoms with Crippen molar-refractivity contribution in [1.29, 1.82) is 0 Å². The van der Waals surface area contributed by atoms with Crippen LogP contribution in [-0.2, 0) is 4.79 Å². The molecule has 20 heavy (non-hydrogen) atoms. The van der Waals surface area contributed by atoms with Crippen LogP contribution in [0.2, 0.25) is 0 Å². The van der Waals surface area contributed by atoms with Crippen molar-refractivity contribution >= 4 is 23.3 Å². The topological polar surface area (TPSA) is 69.6 Å². The molecule has 2 amide bonds. The van der Waals surface area contributed by atoms with Gasteiger partial charge in [-0.25, -0.2) is 4.79 Å². The van der Waals surface area contributed by atoms with Crippen molar-refractivity contribution in [3.05, 3.63) is 22.4 Å². The monoisotopic (exact) mass is 296 g/mol. The van der Waals surface area contributed by atoms with Crippen LogP contribution in [0.5, 0.6) is 0 Å². The summed E-state index contributed by atoms with van der Waals surface area (Å²) in [5.41, 5.74) is -0.747. The minimum atomic E-state index is -0.807. The first-order chi connectivity index (χ1) is 9.46. The third kappa shape index (κ3) is 2.80. The van der Waals surface area contributed by atoms with Crippen LogP contribution in [0.15, 0.2) is 17.5 Å². The number of nitrogens with one attached hydrogen (secondary N) is 1. The second kappa shape index (κ2) is 5.83. The number of rotatable bonds is 5. The predicted molar refractivity (Wildman–Crippen MR) is 77.8 cm³/mol. The average Bonchev–Trinajstić information content (AvgIpc) is 2.88. The molecule has 2 N–H and O–H groups in total. The maximum atomic E-state index is 12.1. The van der Waals surface area contributed by atoms with Crippen LogP contribution < -0.4 is 5.32 Å². The third-order valence-electron chi connectivity index (χ3n) is 4.20. The Balaban J connectivity index is 1.90. The summed E-state index contributed by atoms with van der Waals surface area (Å²) < 4.78 is 0. The van der Waals surface area contributed by atoms with E-state index >= 15 is 0 Å². The van der Waals surface area contributed by atoms with Gasteiger partial charge in [-0.15, -0.1) is 11.3 Å². The summed E-state index contributed by atoms with van der Waals surface area (Å²) in [6.07, 6.45) is 2.21. The Kier molecular flexibility index (Phi) is 4.32. The molecule has 1 atom stereocenters. The number of hydrogen-bond donors (Lipinski definition) is 2. The first-order valence-corrected chi connectivity index (χ1v) is 7.62. The van der Waals surface area contributed by atoms with Crippen LogP contribution in [0, 0.1) is 5.41 Å². The predicted octanol–water partition coefficient (Wildman–Crippen LogP) is 2.71. The zero-order valence-electron chi connectivity index (χ0n) is 11.8. The van der Waals surface area contributed by atoms with Gasteiger partial charge in [-0.2, -0.15) is 0 Å². The van der Waals surface area contributed by atoms with Crippen molar-refractivity contribution in [2.45, 2.75) is 32.2 Å². The minimum absolute atomic E-state index is 0.0165. The van der Waals surface area contributed by atoms with E-state index in [0.29, 0.717) is 12.8 Å². The molecule has 1 aliphatic carbocycles. The molecule has 1 saturated carbocycles. The van der Waals surface area contributed by atoms with Crippen LogP contribution in [0.3, 0.4) is 0 Å². The molecule has 0 saturated heterocycles. The van der Waals surface area contributed by atoms with Crippen molar-refractivity contribution in [1.82, 2.24) is 10.2 Å². The molecule has 0 radical (unpaired) electrons. The molecular formula is C14H20N2O3S. The van der Waals surface area contributed by atoms with Gasteiger partial charge in [-0.3, -0.25) is 4.79 Å². The number of carbonyl (C=O) groups excluding carboxylic acids is 1. The normalized spacial score (nSPS) is 17.9. The molecule has 5 nitrogen and oxygen atoms in total. The Bertz CT molecular complexity index is 483. The fourth-order valence-electron chi connectivity index (χ4n) is 2.34. The smallest absolute Gasteiger partial charge is 0.317 e. The highest BCUT2D eigenvalue weighted by Gasteiger charge is 2.44. The molecule has 0 spiro atoms. The van der Waals surface area contributed by atoms with E-state index in [1.807, 2.05) is 24.4 Å². The number of carbonyl (C=O) groups is 2. The van der Waals surface area contributed by atoms with E-state index in [9.17, 15) is 14.7 Å². The lowest BCUT2D eigenvalue weighted by Gasteiger charge is -2.38. The van der Waals surface area contributed by atoms with Crippen molar-refractivity contribution < 1.29 is 14.7 Å². The van der Waals surface area contributed by atoms with E-state index in [2.05, 4.69) is 5.32 Å². The van der Waals surface area contributed by atoms with Crippen molar-refractivity contribution in [3.63, 3.8) is 0 Å². The summed E-state index contributed by atoms with van der Waals surface area (Å²) in [7, 11) is 1.73. The third-order valence-corrected chi connectivity index (χ3v) is 5.24. The lowest BCUT2D eigenvalue weighted by molar-refractivity contribution is -0.153. The van der Waals surface area contributed by atoms with Gasteiger partial charge in [-0.1, -0.05) is 12.5 Å². The van der Waals surface area contributed by atoms with E-state index in [1.165, 1.54) is 0 Å². The zero-order chi connectivity index (χ0) is 14.8. The van der Waals surface area contributed by atoms with Gasteiger partial charge in [0.15, 0.2) is 0 Å². The van der Waals surface area contributed by atoms with E-state index in [0.717, 1.165) is 11.3 Å². The summed E-state index contributed by atoms with van der Waals surface area (Å²) in [6, 6.07) is 3.70. The highest BCUT2D eigenvalue weighted by molar-refractivity contribution is 7.10. The van der Waals surface area contributed by atoms with Gasteiger partial charge >= 0.3 is 12.0 Å². The van der Waals surface area contributed by atoms with Crippen molar-refractivity contribution in [3.8, 4) is 0 Å². The second-order valence-electron chi connectivity index (χ2n) is 5.40. The quantitative estimate of drug-likeness (QED) is 0.877. The Labute approximate surface area is 122 Å². The molecule has 0 aliphatic heterocycles. The first kappa shape index (κ1) is 14.8. The van der Waals surface area contributed by atoms with Gasteiger partial charge in [0, 0.05) is 18.5 Å². The SMILES string of the molecule is CC(c1cccs1)N(C)C(=O)NCC1(C(=O)O)CCC1. The molecule has 0 bridgehead atoms. The average molecular weight is 296 g/mol. The number of nitrogens with zero attached hydrogens (tertiary/aromatic N) is 1. The molecule has 2 rings (SSSR count). The summed E-state index contributed by atoms with van der Waals surface area (Å²) >= 11 is 1.61. The van der Waals surface area contributed by atoms with Gasteiger partial charge in [0.05, 0.1) is 11.5 Å². The standard InChI is InChI=1S/C14H20N2O3S/c1-10(11-5-3-8-20-11)16(2)13(19)15-9-14(12(17)18)6-4-7-14/h3,5,8,10H,4,6-7,9H2,1-2H3,(H,15,19)(H,17,18). The van der Waals surface area contributed by atoms with Gasteiger partial charge in [-0.05, 0) is 31.2 Å². The van der Waals surface area contributed by atoms with Gasteiger partial charge in [0.25, 0.3) is 0 Å². The Morgan fingerprint density at radius 1 is 1.55 bits per heavy atom. The summed E-state index contributed by atoms with van der Waals surface area (Å²) in [5.74, 6) is -0.807. The fourth-order valence-corrected chi connectivity index (χ4v) is 3.16. The summed E-state index contributed by atoms with van der Waals surface area (Å²) in [5, 5.41) is 14.0. The lowest BCUT2D eigenvalue weighted by Crippen LogP contribution is -2.50. The molecule has 1 fully saturated rings. The highest BCUT2D eigenvalue weighted by Crippen LogP contribution is 2.40. The minimum Gasteiger partial charge on any atom is -0.481 e. The molecule has 0 aromatic carbocycles. The number of urea groups is 1. The molecule has 6 heteroatoms.